The van der Waals surface area contributed by atoms with E-state index in [1.165, 1.54) is 6.20 Å². The standard InChI is InChI=1S/C42H41Cl2N7O5S.C2H6/c1-22-23(2)57-40-37(22)38(26-8-12-28(43)13-9-26)48-34(39-50-49-24(3)51(39)40)20-36(53)45-15-14-35(52)46-16-17-56-42(4,5)27-10-6-25(7-11-27)29-18-30-31(41(54)55)21-47-33(30)19-32(29)44;1-2/h6-13,18-19,21,34,47H,14-17,20H2,1-5H3,(H,45,53)(H,46,52)(H,54,55);1-2H3/t34-;/m0./s1. The Morgan fingerprint density at radius 3 is 2.31 bits per heavy atom. The second-order valence-electron chi connectivity index (χ2n) is 14.4. The molecular formula is C44H47Cl2N7O5S. The number of benzene rings is 3. The molecule has 0 unspecified atom stereocenters. The monoisotopic (exact) mass is 855 g/mol. The van der Waals surface area contributed by atoms with Crippen molar-refractivity contribution in [1.29, 1.82) is 0 Å². The minimum atomic E-state index is -1.02. The Hall–Kier alpha value is -5.34. The lowest BCUT2D eigenvalue weighted by Gasteiger charge is -2.26. The largest absolute Gasteiger partial charge is 0.478 e. The number of thiophene rings is 1. The summed E-state index contributed by atoms with van der Waals surface area (Å²) in [5.41, 5.74) is 6.38. The third kappa shape index (κ3) is 9.28. The van der Waals surface area contributed by atoms with Gasteiger partial charge in [0.1, 0.15) is 16.9 Å². The van der Waals surface area contributed by atoms with Crippen molar-refractivity contribution < 1.29 is 24.2 Å². The van der Waals surface area contributed by atoms with Gasteiger partial charge in [-0.1, -0.05) is 73.4 Å². The number of aromatic nitrogens is 4. The molecule has 1 aliphatic rings. The van der Waals surface area contributed by atoms with Gasteiger partial charge in [-0.15, -0.1) is 21.5 Å². The molecule has 0 radical (unpaired) electrons. The van der Waals surface area contributed by atoms with Crippen molar-refractivity contribution in [2.45, 2.75) is 73.0 Å². The van der Waals surface area contributed by atoms with Crippen molar-refractivity contribution in [3.8, 4) is 16.1 Å². The fourth-order valence-electron chi connectivity index (χ4n) is 6.96. The lowest BCUT2D eigenvalue weighted by atomic mass is 9.94. The van der Waals surface area contributed by atoms with Crippen LogP contribution in [0.4, 0.5) is 0 Å². The first-order chi connectivity index (χ1) is 28.2. The molecule has 12 nitrogen and oxygen atoms in total. The zero-order valence-electron chi connectivity index (χ0n) is 34.0. The summed E-state index contributed by atoms with van der Waals surface area (Å²) >= 11 is 14.4. The topological polar surface area (TPSA) is 164 Å². The van der Waals surface area contributed by atoms with Crippen LogP contribution in [0.3, 0.4) is 0 Å². The number of nitrogens with zero attached hydrogens (tertiary/aromatic N) is 4. The zero-order valence-corrected chi connectivity index (χ0v) is 36.3. The van der Waals surface area contributed by atoms with Crippen molar-refractivity contribution in [1.82, 2.24) is 30.4 Å². The molecule has 15 heteroatoms. The number of aromatic amines is 1. The number of H-pyrrole nitrogens is 1. The number of carboxylic acids is 1. The molecule has 1 aliphatic heterocycles. The number of aryl methyl sites for hydroxylation is 2. The summed E-state index contributed by atoms with van der Waals surface area (Å²) in [7, 11) is 0. The highest BCUT2D eigenvalue weighted by molar-refractivity contribution is 7.15. The van der Waals surface area contributed by atoms with E-state index in [-0.39, 0.29) is 49.9 Å². The average Bonchev–Trinajstić information content (AvgIpc) is 3.87. The van der Waals surface area contributed by atoms with E-state index in [0.717, 1.165) is 49.0 Å². The van der Waals surface area contributed by atoms with Gasteiger partial charge in [0, 0.05) is 63.2 Å². The maximum atomic E-state index is 13.3. The van der Waals surface area contributed by atoms with Crippen molar-refractivity contribution in [3.05, 3.63) is 121 Å². The number of carboxylic acid groups (broad SMARTS) is 1. The number of carbonyl (C=O) groups excluding carboxylic acids is 2. The molecule has 59 heavy (non-hydrogen) atoms. The fraction of sp³-hybridized carbons (Fsp3) is 0.318. The maximum Gasteiger partial charge on any atom is 0.337 e. The summed E-state index contributed by atoms with van der Waals surface area (Å²) in [6.45, 7) is 14.6. The first kappa shape index (κ1) is 43.2. The third-order valence-electron chi connectivity index (χ3n) is 10.2. The minimum absolute atomic E-state index is 0.0224. The summed E-state index contributed by atoms with van der Waals surface area (Å²) in [6.07, 6.45) is 1.58. The molecule has 4 heterocycles. The highest BCUT2D eigenvalue weighted by Crippen LogP contribution is 2.40. The van der Waals surface area contributed by atoms with E-state index < -0.39 is 17.6 Å². The lowest BCUT2D eigenvalue weighted by Crippen LogP contribution is -2.34. The number of ether oxygens (including phenoxy) is 1. The highest BCUT2D eigenvalue weighted by Gasteiger charge is 2.32. The lowest BCUT2D eigenvalue weighted by molar-refractivity contribution is -0.122. The summed E-state index contributed by atoms with van der Waals surface area (Å²) < 4.78 is 8.16. The van der Waals surface area contributed by atoms with Crippen LogP contribution in [0.1, 0.15) is 95.7 Å². The van der Waals surface area contributed by atoms with Crippen LogP contribution >= 0.6 is 34.5 Å². The molecule has 1 atom stereocenters. The van der Waals surface area contributed by atoms with E-state index in [1.54, 1.807) is 23.5 Å². The quantitative estimate of drug-likeness (QED) is 0.0842. The smallest absolute Gasteiger partial charge is 0.337 e. The van der Waals surface area contributed by atoms with Crippen molar-refractivity contribution in [2.75, 3.05) is 19.7 Å². The minimum Gasteiger partial charge on any atom is -0.478 e. The number of amides is 2. The molecule has 0 bridgehead atoms. The van der Waals surface area contributed by atoms with Crippen LogP contribution in [0.5, 0.6) is 0 Å². The molecule has 3 aromatic heterocycles. The summed E-state index contributed by atoms with van der Waals surface area (Å²) in [5.74, 6) is -0.199. The molecule has 0 aliphatic carbocycles. The summed E-state index contributed by atoms with van der Waals surface area (Å²) in [5, 5.41) is 26.8. The van der Waals surface area contributed by atoms with Gasteiger partial charge >= 0.3 is 5.97 Å². The number of aliphatic imine (C=N–C) groups is 1. The molecule has 4 N–H and O–H groups in total. The number of hydrogen-bond donors (Lipinski definition) is 4. The van der Waals surface area contributed by atoms with Crippen molar-refractivity contribution >= 4 is 68.9 Å². The Morgan fingerprint density at radius 2 is 1.61 bits per heavy atom. The maximum absolute atomic E-state index is 13.3. The van der Waals surface area contributed by atoms with E-state index in [4.69, 9.17) is 32.9 Å². The van der Waals surface area contributed by atoms with Crippen LogP contribution in [0, 0.1) is 20.8 Å². The van der Waals surface area contributed by atoms with E-state index >= 15 is 0 Å². The van der Waals surface area contributed by atoms with Gasteiger partial charge in [-0.2, -0.15) is 0 Å². The van der Waals surface area contributed by atoms with E-state index in [2.05, 4.69) is 39.7 Å². The number of fused-ring (bicyclic) bond motifs is 4. The number of nitrogens with one attached hydrogen (secondary N) is 3. The molecule has 7 rings (SSSR count). The molecule has 3 aromatic carbocycles. The molecular weight excluding hydrogens is 810 g/mol. The molecule has 0 spiro atoms. The second-order valence-corrected chi connectivity index (χ2v) is 16.4. The first-order valence-corrected chi connectivity index (χ1v) is 21.0. The zero-order chi connectivity index (χ0) is 42.6. The van der Waals surface area contributed by atoms with Crippen LogP contribution in [0.15, 0.2) is 71.9 Å². The van der Waals surface area contributed by atoms with E-state index in [9.17, 15) is 19.5 Å². The van der Waals surface area contributed by atoms with Gasteiger partial charge in [-0.25, -0.2) is 4.79 Å². The molecule has 2 amide bonds. The van der Waals surface area contributed by atoms with Crippen molar-refractivity contribution in [2.24, 2.45) is 4.99 Å². The Bertz CT molecular complexity index is 2540. The van der Waals surface area contributed by atoms with Crippen LogP contribution in [-0.2, 0) is 19.9 Å². The van der Waals surface area contributed by atoms with Crippen LogP contribution < -0.4 is 10.6 Å². The number of hydrogen-bond acceptors (Lipinski definition) is 8. The van der Waals surface area contributed by atoms with Gasteiger partial charge < -0.3 is 25.5 Å². The summed E-state index contributed by atoms with van der Waals surface area (Å²) in [6, 6.07) is 18.1. The van der Waals surface area contributed by atoms with E-state index in [1.807, 2.05) is 87.7 Å². The van der Waals surface area contributed by atoms with Crippen molar-refractivity contribution in [3.63, 3.8) is 0 Å². The average molecular weight is 857 g/mol. The normalized spacial score (nSPS) is 13.4. The van der Waals surface area contributed by atoms with Gasteiger partial charge in [-0.05, 0) is 75.6 Å². The Morgan fingerprint density at radius 1 is 0.932 bits per heavy atom. The van der Waals surface area contributed by atoms with Crippen LogP contribution in [0.25, 0.3) is 27.0 Å². The van der Waals surface area contributed by atoms with Gasteiger partial charge in [0.15, 0.2) is 5.82 Å². The number of carbonyl (C=O) groups is 3. The van der Waals surface area contributed by atoms with Crippen LogP contribution in [0.2, 0.25) is 10.0 Å². The number of rotatable bonds is 13. The fourth-order valence-corrected chi connectivity index (χ4v) is 8.57. The molecule has 6 aromatic rings. The van der Waals surface area contributed by atoms with Crippen LogP contribution in [-0.4, -0.2) is 68.0 Å². The second kappa shape index (κ2) is 18.3. The predicted molar refractivity (Wildman–Crippen MR) is 235 cm³/mol. The predicted octanol–water partition coefficient (Wildman–Crippen LogP) is 9.29. The molecule has 308 valence electrons. The summed E-state index contributed by atoms with van der Waals surface area (Å²) in [4.78, 5) is 46.9. The van der Waals surface area contributed by atoms with Gasteiger partial charge in [0.05, 0.1) is 34.9 Å². The highest BCUT2D eigenvalue weighted by atomic mass is 35.5. The number of halogens is 2. The number of aromatic carboxylic acids is 1. The van der Waals surface area contributed by atoms with Gasteiger partial charge in [0.25, 0.3) is 0 Å². The molecule has 0 fully saturated rings. The molecule has 0 saturated carbocycles. The Kier molecular flexibility index (Phi) is 13.4. The molecule has 0 saturated heterocycles. The van der Waals surface area contributed by atoms with Gasteiger partial charge in [-0.3, -0.25) is 19.1 Å². The van der Waals surface area contributed by atoms with E-state index in [0.29, 0.717) is 32.6 Å². The SMILES string of the molecule is CC.Cc1sc2c(c1C)C(c1ccc(Cl)cc1)=N[C@@H](CC(=O)NCCC(=O)NCCOC(C)(C)c1ccc(-c3cc4c(C(=O)O)c[nH]c4cc3Cl)cc1)c1nnc(C)n1-2. The Labute approximate surface area is 357 Å². The van der Waals surface area contributed by atoms with Gasteiger partial charge in [0.2, 0.25) is 11.8 Å². The Balaban J connectivity index is 0.00000288. The third-order valence-corrected chi connectivity index (χ3v) is 11.9. The first-order valence-electron chi connectivity index (χ1n) is 19.4.